The van der Waals surface area contributed by atoms with Crippen LogP contribution in [-0.2, 0) is 4.79 Å². The molecule has 0 fully saturated rings. The van der Waals surface area contributed by atoms with E-state index in [2.05, 4.69) is 35.6 Å². The first-order valence-corrected chi connectivity index (χ1v) is 9.64. The van der Waals surface area contributed by atoms with Crippen molar-refractivity contribution in [3.63, 3.8) is 0 Å². The molecular formula is C21H16N2OS2. The second-order valence-electron chi connectivity index (χ2n) is 5.41. The maximum absolute atomic E-state index is 11.8. The van der Waals surface area contributed by atoms with Gasteiger partial charge in [0.05, 0.1) is 6.07 Å². The van der Waals surface area contributed by atoms with Crippen LogP contribution < -0.4 is 5.32 Å². The fourth-order valence-corrected chi connectivity index (χ4v) is 4.24. The summed E-state index contributed by atoms with van der Waals surface area (Å²) in [6.07, 6.45) is -0.156. The van der Waals surface area contributed by atoms with Gasteiger partial charge in [0.25, 0.3) is 0 Å². The van der Waals surface area contributed by atoms with Gasteiger partial charge in [-0.25, -0.2) is 0 Å². The molecule has 0 aromatic heterocycles. The summed E-state index contributed by atoms with van der Waals surface area (Å²) in [5, 5.41) is 11.5. The molecule has 0 heterocycles. The fraction of sp³-hybridized carbons (Fsp3) is 0.0476. The lowest BCUT2D eigenvalue weighted by Gasteiger charge is -2.10. The Hall–Kier alpha value is -2.68. The molecule has 0 radical (unpaired) electrons. The first kappa shape index (κ1) is 18.1. The highest BCUT2D eigenvalue weighted by Crippen LogP contribution is 2.36. The summed E-state index contributed by atoms with van der Waals surface area (Å²) in [5.74, 6) is -0.301. The number of nitrogens with zero attached hydrogens (tertiary/aromatic N) is 1. The third-order valence-corrected chi connectivity index (χ3v) is 5.32. The maximum Gasteiger partial charge on any atom is 0.238 e. The van der Waals surface area contributed by atoms with Gasteiger partial charge >= 0.3 is 0 Å². The molecular weight excluding hydrogens is 360 g/mol. The van der Waals surface area contributed by atoms with Crippen molar-refractivity contribution in [2.75, 3.05) is 5.32 Å². The Balaban J connectivity index is 1.88. The SMILES string of the molecule is N#CCC(=O)Nc1cc(Sc2ccccc2)cc(Sc2ccccc2)c1. The van der Waals surface area contributed by atoms with E-state index in [-0.39, 0.29) is 12.3 Å². The average Bonchev–Trinajstić information content (AvgIpc) is 2.63. The van der Waals surface area contributed by atoms with Gasteiger partial charge in [0.15, 0.2) is 0 Å². The van der Waals surface area contributed by atoms with Gasteiger partial charge in [-0.3, -0.25) is 4.79 Å². The molecule has 0 unspecified atom stereocenters. The van der Waals surface area contributed by atoms with Crippen LogP contribution in [0.25, 0.3) is 0 Å². The molecule has 128 valence electrons. The van der Waals surface area contributed by atoms with Crippen LogP contribution >= 0.6 is 23.5 Å². The van der Waals surface area contributed by atoms with Gasteiger partial charge in [0, 0.05) is 25.3 Å². The minimum absolute atomic E-state index is 0.156. The summed E-state index contributed by atoms with van der Waals surface area (Å²) < 4.78 is 0. The number of anilines is 1. The van der Waals surface area contributed by atoms with Crippen LogP contribution in [0.15, 0.2) is 98.4 Å². The number of hydrogen-bond donors (Lipinski definition) is 1. The number of benzene rings is 3. The molecule has 0 bridgehead atoms. The van der Waals surface area contributed by atoms with Crippen molar-refractivity contribution in [1.82, 2.24) is 0 Å². The summed E-state index contributed by atoms with van der Waals surface area (Å²) in [7, 11) is 0. The average molecular weight is 377 g/mol. The monoisotopic (exact) mass is 376 g/mol. The quantitative estimate of drug-likeness (QED) is 0.587. The van der Waals surface area contributed by atoms with Crippen molar-refractivity contribution in [3.8, 4) is 6.07 Å². The first-order valence-electron chi connectivity index (χ1n) is 8.00. The summed E-state index contributed by atoms with van der Waals surface area (Å²) >= 11 is 3.27. The molecule has 0 saturated carbocycles. The van der Waals surface area contributed by atoms with E-state index < -0.39 is 0 Å². The molecule has 0 spiro atoms. The number of nitriles is 1. The van der Waals surface area contributed by atoms with Crippen molar-refractivity contribution in [2.24, 2.45) is 0 Å². The number of hydrogen-bond acceptors (Lipinski definition) is 4. The lowest BCUT2D eigenvalue weighted by molar-refractivity contribution is -0.115. The van der Waals surface area contributed by atoms with E-state index >= 15 is 0 Å². The molecule has 1 N–H and O–H groups in total. The molecule has 3 aromatic rings. The molecule has 0 atom stereocenters. The minimum Gasteiger partial charge on any atom is -0.325 e. The van der Waals surface area contributed by atoms with E-state index in [1.54, 1.807) is 23.5 Å². The zero-order chi connectivity index (χ0) is 18.2. The standard InChI is InChI=1S/C21H16N2OS2/c22-12-11-21(24)23-16-13-19(25-17-7-3-1-4-8-17)15-20(14-16)26-18-9-5-2-6-10-18/h1-10,13-15H,11H2,(H,23,24). The summed E-state index contributed by atoms with van der Waals surface area (Å²) in [4.78, 5) is 16.1. The Morgan fingerprint density at radius 1 is 0.808 bits per heavy atom. The Morgan fingerprint density at radius 2 is 1.31 bits per heavy atom. The Morgan fingerprint density at radius 3 is 1.77 bits per heavy atom. The van der Waals surface area contributed by atoms with E-state index in [0.29, 0.717) is 5.69 Å². The van der Waals surface area contributed by atoms with Gasteiger partial charge in [-0.2, -0.15) is 5.26 Å². The Labute approximate surface area is 161 Å². The van der Waals surface area contributed by atoms with Gasteiger partial charge < -0.3 is 5.32 Å². The van der Waals surface area contributed by atoms with Crippen molar-refractivity contribution in [1.29, 1.82) is 5.26 Å². The van der Waals surface area contributed by atoms with E-state index in [0.717, 1.165) is 19.6 Å². The van der Waals surface area contributed by atoms with Crippen molar-refractivity contribution >= 4 is 35.1 Å². The van der Waals surface area contributed by atoms with Crippen LogP contribution in [0.1, 0.15) is 6.42 Å². The molecule has 1 amide bonds. The molecule has 3 aromatic carbocycles. The zero-order valence-corrected chi connectivity index (χ0v) is 15.5. The second-order valence-corrected chi connectivity index (χ2v) is 7.70. The van der Waals surface area contributed by atoms with Crippen LogP contribution in [0.4, 0.5) is 5.69 Å². The van der Waals surface area contributed by atoms with Crippen LogP contribution in [0.2, 0.25) is 0 Å². The van der Waals surface area contributed by atoms with Gasteiger partial charge in [0.2, 0.25) is 5.91 Å². The van der Waals surface area contributed by atoms with E-state index in [9.17, 15) is 4.79 Å². The molecule has 0 aliphatic carbocycles. The van der Waals surface area contributed by atoms with Gasteiger partial charge in [0.1, 0.15) is 6.42 Å². The number of amides is 1. The maximum atomic E-state index is 11.8. The normalized spacial score (nSPS) is 10.1. The Kier molecular flexibility index (Phi) is 6.37. The third-order valence-electron chi connectivity index (χ3n) is 3.36. The van der Waals surface area contributed by atoms with E-state index in [4.69, 9.17) is 5.26 Å². The van der Waals surface area contributed by atoms with Crippen LogP contribution in [0, 0.1) is 11.3 Å². The summed E-state index contributed by atoms with van der Waals surface area (Å²) in [6.45, 7) is 0. The highest BCUT2D eigenvalue weighted by molar-refractivity contribution is 8.00. The Bertz CT molecular complexity index is 862. The van der Waals surface area contributed by atoms with Gasteiger partial charge in [-0.15, -0.1) is 0 Å². The molecule has 0 saturated heterocycles. The van der Waals surface area contributed by atoms with E-state index in [1.807, 2.05) is 54.6 Å². The predicted octanol–water partition coefficient (Wildman–Crippen LogP) is 5.84. The zero-order valence-electron chi connectivity index (χ0n) is 13.9. The van der Waals surface area contributed by atoms with Crippen molar-refractivity contribution in [2.45, 2.75) is 26.0 Å². The van der Waals surface area contributed by atoms with Crippen LogP contribution in [-0.4, -0.2) is 5.91 Å². The van der Waals surface area contributed by atoms with Gasteiger partial charge in [-0.1, -0.05) is 59.9 Å². The number of carbonyl (C=O) groups excluding carboxylic acids is 1. The first-order chi connectivity index (χ1) is 12.7. The minimum atomic E-state index is -0.301. The molecule has 0 aliphatic heterocycles. The summed E-state index contributed by atoms with van der Waals surface area (Å²) in [5.41, 5.74) is 0.699. The van der Waals surface area contributed by atoms with Gasteiger partial charge in [-0.05, 0) is 42.5 Å². The largest absolute Gasteiger partial charge is 0.325 e. The molecule has 3 rings (SSSR count). The number of rotatable bonds is 6. The van der Waals surface area contributed by atoms with Crippen LogP contribution in [0.5, 0.6) is 0 Å². The van der Waals surface area contributed by atoms with E-state index in [1.165, 1.54) is 0 Å². The number of carbonyl (C=O) groups is 1. The molecule has 26 heavy (non-hydrogen) atoms. The molecule has 0 aliphatic rings. The molecule has 5 heteroatoms. The smallest absolute Gasteiger partial charge is 0.238 e. The summed E-state index contributed by atoms with van der Waals surface area (Å²) in [6, 6.07) is 28.0. The highest BCUT2D eigenvalue weighted by Gasteiger charge is 2.08. The highest BCUT2D eigenvalue weighted by atomic mass is 32.2. The topological polar surface area (TPSA) is 52.9 Å². The molecule has 3 nitrogen and oxygen atoms in total. The van der Waals surface area contributed by atoms with Crippen molar-refractivity contribution in [3.05, 3.63) is 78.9 Å². The lowest BCUT2D eigenvalue weighted by atomic mass is 10.3. The van der Waals surface area contributed by atoms with Crippen LogP contribution in [0.3, 0.4) is 0 Å². The third kappa shape index (κ3) is 5.41. The van der Waals surface area contributed by atoms with Crippen molar-refractivity contribution < 1.29 is 4.79 Å². The lowest BCUT2D eigenvalue weighted by Crippen LogP contribution is -2.10. The fourth-order valence-electron chi connectivity index (χ4n) is 2.29. The number of nitrogens with one attached hydrogen (secondary N) is 1. The second kappa shape index (κ2) is 9.14. The predicted molar refractivity (Wildman–Crippen MR) is 106 cm³/mol.